The van der Waals surface area contributed by atoms with Crippen molar-refractivity contribution < 1.29 is 14.3 Å². The van der Waals surface area contributed by atoms with E-state index < -0.39 is 0 Å². The molecule has 0 bridgehead atoms. The highest BCUT2D eigenvalue weighted by Crippen LogP contribution is 2.18. The zero-order valence-corrected chi connectivity index (χ0v) is 15.7. The van der Waals surface area contributed by atoms with Crippen molar-refractivity contribution in [3.63, 3.8) is 0 Å². The molecule has 0 atom stereocenters. The van der Waals surface area contributed by atoms with Gasteiger partial charge in [0.2, 0.25) is 5.88 Å². The van der Waals surface area contributed by atoms with E-state index in [9.17, 15) is 4.79 Å². The number of amides is 1. The number of hydrogen-bond donors (Lipinski definition) is 2. The Hall–Kier alpha value is -3.52. The molecule has 0 aliphatic heterocycles. The summed E-state index contributed by atoms with van der Waals surface area (Å²) in [6, 6.07) is 11.1. The fourth-order valence-electron chi connectivity index (χ4n) is 2.45. The van der Waals surface area contributed by atoms with Crippen molar-refractivity contribution in [2.75, 3.05) is 13.7 Å². The monoisotopic (exact) mass is 379 g/mol. The molecule has 3 rings (SSSR count). The smallest absolute Gasteiger partial charge is 0.285 e. The third-order valence-electron chi connectivity index (χ3n) is 3.82. The fraction of sp³-hybridized carbons (Fsp3) is 0.200. The Morgan fingerprint density at radius 1 is 1.14 bits per heavy atom. The molecular formula is C20H21N5O3. The summed E-state index contributed by atoms with van der Waals surface area (Å²) in [5, 5.41) is 0. The van der Waals surface area contributed by atoms with Gasteiger partial charge < -0.3 is 9.47 Å². The maximum absolute atomic E-state index is 12.3. The van der Waals surface area contributed by atoms with Gasteiger partial charge in [-0.05, 0) is 30.7 Å². The number of nitrogens with one attached hydrogen (secondary N) is 2. The Morgan fingerprint density at radius 3 is 2.79 bits per heavy atom. The van der Waals surface area contributed by atoms with Crippen molar-refractivity contribution in [2.24, 2.45) is 0 Å². The molecular weight excluding hydrogens is 358 g/mol. The van der Waals surface area contributed by atoms with Crippen molar-refractivity contribution in [1.82, 2.24) is 25.8 Å². The third-order valence-corrected chi connectivity index (χ3v) is 3.82. The quantitative estimate of drug-likeness (QED) is 0.580. The van der Waals surface area contributed by atoms with Crippen molar-refractivity contribution in [1.29, 1.82) is 0 Å². The lowest BCUT2D eigenvalue weighted by Crippen LogP contribution is -2.37. The van der Waals surface area contributed by atoms with Crippen LogP contribution in [-0.4, -0.2) is 34.6 Å². The number of hydrazine groups is 1. The molecule has 8 heteroatoms. The number of rotatable bonds is 8. The largest absolute Gasteiger partial charge is 0.497 e. The summed E-state index contributed by atoms with van der Waals surface area (Å²) in [6.45, 7) is 2.88. The van der Waals surface area contributed by atoms with Gasteiger partial charge in [-0.25, -0.2) is 15.4 Å². The molecule has 3 aromatic rings. The van der Waals surface area contributed by atoms with Crippen LogP contribution in [0, 0.1) is 0 Å². The topological polar surface area (TPSA) is 98.3 Å². The molecule has 2 heterocycles. The number of carbonyl (C=O) groups is 1. The summed E-state index contributed by atoms with van der Waals surface area (Å²) in [5.74, 6) is 0.916. The van der Waals surface area contributed by atoms with E-state index in [1.807, 2.05) is 37.3 Å². The van der Waals surface area contributed by atoms with E-state index in [1.54, 1.807) is 25.6 Å². The second kappa shape index (κ2) is 9.43. The summed E-state index contributed by atoms with van der Waals surface area (Å²) in [6.07, 6.45) is 4.63. The molecule has 0 fully saturated rings. The standard InChI is InChI=1S/C20H21N5O3/c1-3-28-19-8-7-15(11-22-19)17-12-21-13-18(24-17)20(26)25-23-10-14-5-4-6-16(9-14)27-2/h4-9,11-13,23H,3,10H2,1-2H3,(H,25,26). The first-order chi connectivity index (χ1) is 13.7. The van der Waals surface area contributed by atoms with Gasteiger partial charge in [0.15, 0.2) is 0 Å². The van der Waals surface area contributed by atoms with Gasteiger partial charge in [0.1, 0.15) is 11.4 Å². The highest BCUT2D eigenvalue weighted by Gasteiger charge is 2.10. The van der Waals surface area contributed by atoms with Crippen LogP contribution in [0.4, 0.5) is 0 Å². The Labute approximate surface area is 162 Å². The Morgan fingerprint density at radius 2 is 2.04 bits per heavy atom. The summed E-state index contributed by atoms with van der Waals surface area (Å²) < 4.78 is 10.5. The van der Waals surface area contributed by atoms with Gasteiger partial charge in [-0.15, -0.1) is 0 Å². The van der Waals surface area contributed by atoms with Crippen LogP contribution >= 0.6 is 0 Å². The van der Waals surface area contributed by atoms with Crippen LogP contribution in [0.5, 0.6) is 11.6 Å². The van der Waals surface area contributed by atoms with Crippen LogP contribution < -0.4 is 20.3 Å². The van der Waals surface area contributed by atoms with Crippen molar-refractivity contribution in [3.05, 3.63) is 66.2 Å². The van der Waals surface area contributed by atoms with Gasteiger partial charge in [0.05, 0.1) is 31.8 Å². The molecule has 28 heavy (non-hydrogen) atoms. The van der Waals surface area contributed by atoms with Crippen LogP contribution in [0.3, 0.4) is 0 Å². The van der Waals surface area contributed by atoms with E-state index in [1.165, 1.54) is 6.20 Å². The second-order valence-corrected chi connectivity index (χ2v) is 5.77. The minimum absolute atomic E-state index is 0.199. The van der Waals surface area contributed by atoms with E-state index in [0.29, 0.717) is 24.7 Å². The number of methoxy groups -OCH3 is 1. The van der Waals surface area contributed by atoms with Crippen LogP contribution in [0.1, 0.15) is 23.0 Å². The maximum atomic E-state index is 12.3. The van der Waals surface area contributed by atoms with E-state index in [4.69, 9.17) is 9.47 Å². The Bertz CT molecular complexity index is 931. The first kappa shape index (κ1) is 19.2. The van der Waals surface area contributed by atoms with E-state index in [2.05, 4.69) is 25.8 Å². The zero-order chi connectivity index (χ0) is 19.8. The number of benzene rings is 1. The summed E-state index contributed by atoms with van der Waals surface area (Å²) >= 11 is 0. The van der Waals surface area contributed by atoms with E-state index in [-0.39, 0.29) is 11.6 Å². The van der Waals surface area contributed by atoms with Crippen molar-refractivity contribution >= 4 is 5.91 Å². The molecule has 0 radical (unpaired) electrons. The molecule has 0 aliphatic carbocycles. The van der Waals surface area contributed by atoms with Crippen molar-refractivity contribution in [2.45, 2.75) is 13.5 Å². The molecule has 8 nitrogen and oxygen atoms in total. The summed E-state index contributed by atoms with van der Waals surface area (Å²) in [7, 11) is 1.61. The molecule has 2 aromatic heterocycles. The fourth-order valence-corrected chi connectivity index (χ4v) is 2.45. The van der Waals surface area contributed by atoms with Crippen LogP contribution in [-0.2, 0) is 6.54 Å². The maximum Gasteiger partial charge on any atom is 0.285 e. The molecule has 144 valence electrons. The number of aromatic nitrogens is 3. The van der Waals surface area contributed by atoms with Crippen LogP contribution in [0.25, 0.3) is 11.3 Å². The summed E-state index contributed by atoms with van der Waals surface area (Å²) in [5.41, 5.74) is 7.97. The predicted molar refractivity (Wildman–Crippen MR) is 104 cm³/mol. The minimum Gasteiger partial charge on any atom is -0.497 e. The number of pyridine rings is 1. The first-order valence-corrected chi connectivity index (χ1v) is 8.77. The van der Waals surface area contributed by atoms with Gasteiger partial charge >= 0.3 is 0 Å². The predicted octanol–water partition coefficient (Wildman–Crippen LogP) is 2.38. The summed E-state index contributed by atoms with van der Waals surface area (Å²) in [4.78, 5) is 25.0. The minimum atomic E-state index is -0.379. The lowest BCUT2D eigenvalue weighted by molar-refractivity contribution is 0.0927. The molecule has 0 spiro atoms. The average molecular weight is 379 g/mol. The van der Waals surface area contributed by atoms with E-state index >= 15 is 0 Å². The molecule has 0 aliphatic rings. The molecule has 2 N–H and O–H groups in total. The van der Waals surface area contributed by atoms with Gasteiger partial charge in [-0.2, -0.15) is 0 Å². The highest BCUT2D eigenvalue weighted by molar-refractivity contribution is 5.92. The lowest BCUT2D eigenvalue weighted by atomic mass is 10.2. The van der Waals surface area contributed by atoms with Crippen molar-refractivity contribution in [3.8, 4) is 22.9 Å². The van der Waals surface area contributed by atoms with Gasteiger partial charge in [0, 0.05) is 24.4 Å². The van der Waals surface area contributed by atoms with Gasteiger partial charge in [-0.1, -0.05) is 12.1 Å². The Kier molecular flexibility index (Phi) is 6.48. The second-order valence-electron chi connectivity index (χ2n) is 5.77. The normalized spacial score (nSPS) is 10.4. The molecule has 0 saturated carbocycles. The molecule has 1 aromatic carbocycles. The molecule has 1 amide bonds. The number of carbonyl (C=O) groups excluding carboxylic acids is 1. The third kappa shape index (κ3) is 5.01. The number of ether oxygens (including phenoxy) is 2. The van der Waals surface area contributed by atoms with Crippen LogP contribution in [0.15, 0.2) is 55.0 Å². The first-order valence-electron chi connectivity index (χ1n) is 8.77. The Balaban J connectivity index is 1.61. The number of hydrogen-bond acceptors (Lipinski definition) is 7. The van der Waals surface area contributed by atoms with Crippen LogP contribution in [0.2, 0.25) is 0 Å². The molecule has 0 unspecified atom stereocenters. The average Bonchev–Trinajstić information content (AvgIpc) is 2.75. The zero-order valence-electron chi connectivity index (χ0n) is 15.7. The number of nitrogens with zero attached hydrogens (tertiary/aromatic N) is 3. The van der Waals surface area contributed by atoms with Gasteiger partial charge in [0.25, 0.3) is 5.91 Å². The van der Waals surface area contributed by atoms with Gasteiger partial charge in [-0.3, -0.25) is 15.2 Å². The highest BCUT2D eigenvalue weighted by atomic mass is 16.5. The van der Waals surface area contributed by atoms with E-state index in [0.717, 1.165) is 16.9 Å². The lowest BCUT2D eigenvalue weighted by Gasteiger charge is -2.09. The molecule has 0 saturated heterocycles. The SMILES string of the molecule is CCOc1ccc(-c2cncc(C(=O)NNCc3cccc(OC)c3)n2)cn1.